The van der Waals surface area contributed by atoms with Gasteiger partial charge in [-0.2, -0.15) is 0 Å². The van der Waals surface area contributed by atoms with Gasteiger partial charge >= 0.3 is 306 Å². The molecular formula is C45H28N4OPt-2. The summed E-state index contributed by atoms with van der Waals surface area (Å²) in [7, 11) is 0. The van der Waals surface area contributed by atoms with Crippen molar-refractivity contribution in [2.75, 3.05) is 6.67 Å². The topological polar surface area (TPSA) is 22.2 Å². The summed E-state index contributed by atoms with van der Waals surface area (Å²) in [5.74, 6) is 1.34. The fraction of sp³-hybridized carbons (Fsp3) is 0.0667. The van der Waals surface area contributed by atoms with Gasteiger partial charge in [-0.25, -0.2) is 0 Å². The van der Waals surface area contributed by atoms with E-state index in [9.17, 15) is 0 Å². The summed E-state index contributed by atoms with van der Waals surface area (Å²) in [6.45, 7) is 0.736. The quantitative estimate of drug-likeness (QED) is 0.144. The molecule has 0 radical (unpaired) electrons. The molecular weight excluding hydrogens is 808 g/mol. The van der Waals surface area contributed by atoms with Crippen LogP contribution in [-0.4, -0.2) is 34.6 Å². The third-order valence-corrected chi connectivity index (χ3v) is 14.6. The first-order valence-corrected chi connectivity index (χ1v) is 19.5. The SMILES string of the molecule is [c-]1c2cccc1C1(c3ccccc3-c3ccccc31)N1C=CN3CN4C=CN([C]4=[Pt]=[C]31)C1(c3[c-]c(ccc3)O2)c2ccccc2-c2ccccc21. The zero-order valence-electron chi connectivity index (χ0n) is 27.2. The summed E-state index contributed by atoms with van der Waals surface area (Å²) in [4.78, 5) is 10.1. The van der Waals surface area contributed by atoms with Crippen molar-refractivity contribution in [2.45, 2.75) is 11.1 Å². The first kappa shape index (κ1) is 28.0. The number of benzene rings is 6. The van der Waals surface area contributed by atoms with E-state index in [4.69, 9.17) is 4.74 Å². The second-order valence-electron chi connectivity index (χ2n) is 13.5. The molecule has 0 saturated heterocycles. The van der Waals surface area contributed by atoms with Gasteiger partial charge in [0.1, 0.15) is 0 Å². The van der Waals surface area contributed by atoms with E-state index < -0.39 is 28.7 Å². The van der Waals surface area contributed by atoms with Gasteiger partial charge in [-0.15, -0.1) is 0 Å². The molecule has 51 heavy (non-hydrogen) atoms. The van der Waals surface area contributed by atoms with Crippen molar-refractivity contribution in [2.24, 2.45) is 0 Å². The maximum absolute atomic E-state index is 6.80. The van der Waals surface area contributed by atoms with Crippen LogP contribution in [0.15, 0.2) is 158 Å². The van der Waals surface area contributed by atoms with Crippen molar-refractivity contribution >= 4 is 8.29 Å². The van der Waals surface area contributed by atoms with Crippen LogP contribution in [0.2, 0.25) is 0 Å². The van der Waals surface area contributed by atoms with Crippen LogP contribution < -0.4 is 4.74 Å². The average Bonchev–Trinajstić information content (AvgIpc) is 3.93. The fourth-order valence-corrected chi connectivity index (χ4v) is 12.6. The fourth-order valence-electron chi connectivity index (χ4n) is 9.21. The molecule has 0 amide bonds. The predicted octanol–water partition coefficient (Wildman–Crippen LogP) is 8.04. The number of nitrogens with zero attached hydrogens (tertiary/aromatic N) is 4. The molecule has 2 spiro atoms. The Morgan fingerprint density at radius 3 is 1.25 bits per heavy atom. The number of fused-ring (bicyclic) bond motifs is 18. The third kappa shape index (κ3) is 3.40. The molecule has 6 heteroatoms. The van der Waals surface area contributed by atoms with Crippen LogP contribution >= 0.6 is 0 Å². The molecule has 0 aromatic heterocycles. The maximum atomic E-state index is 6.80. The summed E-state index contributed by atoms with van der Waals surface area (Å²) >= 11 is -0.755. The number of ether oxygens (including phenoxy) is 1. The van der Waals surface area contributed by atoms with E-state index in [-0.39, 0.29) is 0 Å². The van der Waals surface area contributed by atoms with Crippen LogP contribution in [0.25, 0.3) is 22.3 Å². The van der Waals surface area contributed by atoms with Gasteiger partial charge in [-0.1, -0.05) is 0 Å². The van der Waals surface area contributed by atoms with Crippen molar-refractivity contribution in [3.63, 3.8) is 0 Å². The molecule has 6 aliphatic rings. The van der Waals surface area contributed by atoms with Gasteiger partial charge in [-0.3, -0.25) is 0 Å². The van der Waals surface area contributed by atoms with Gasteiger partial charge in [0.25, 0.3) is 0 Å². The Morgan fingerprint density at radius 1 is 0.451 bits per heavy atom. The van der Waals surface area contributed by atoms with Crippen LogP contribution in [0, 0.1) is 12.1 Å². The Kier molecular flexibility index (Phi) is 5.45. The first-order chi connectivity index (χ1) is 25.3. The van der Waals surface area contributed by atoms with Crippen LogP contribution in [0.1, 0.15) is 33.4 Å². The van der Waals surface area contributed by atoms with E-state index in [1.165, 1.54) is 52.8 Å². The van der Waals surface area contributed by atoms with Gasteiger partial charge < -0.3 is 0 Å². The monoisotopic (exact) mass is 835 g/mol. The predicted molar refractivity (Wildman–Crippen MR) is 195 cm³/mol. The third-order valence-electron chi connectivity index (χ3n) is 11.2. The van der Waals surface area contributed by atoms with Crippen molar-refractivity contribution < 1.29 is 22.4 Å². The first-order valence-electron chi connectivity index (χ1n) is 17.2. The molecule has 0 unspecified atom stereocenters. The van der Waals surface area contributed by atoms with Gasteiger partial charge in [0.2, 0.25) is 0 Å². The summed E-state index contributed by atoms with van der Waals surface area (Å²) in [5.41, 5.74) is 10.9. The zero-order chi connectivity index (χ0) is 33.3. The Labute approximate surface area is 304 Å². The van der Waals surface area contributed by atoms with Crippen molar-refractivity contribution in [1.29, 1.82) is 0 Å². The Balaban J connectivity index is 1.23. The molecule has 0 atom stereocenters. The van der Waals surface area contributed by atoms with Crippen molar-refractivity contribution in [1.82, 2.24) is 19.6 Å². The summed E-state index contributed by atoms with van der Waals surface area (Å²) in [5, 5.41) is 0. The number of hydrogen-bond acceptors (Lipinski definition) is 5. The molecule has 246 valence electrons. The second-order valence-corrected chi connectivity index (χ2v) is 16.1. The van der Waals surface area contributed by atoms with E-state index in [2.05, 4.69) is 178 Å². The molecule has 0 saturated carbocycles. The van der Waals surface area contributed by atoms with E-state index in [0.717, 1.165) is 17.8 Å². The number of rotatable bonds is 0. The summed E-state index contributed by atoms with van der Waals surface area (Å²) in [6.07, 6.45) is 9.17. The molecule has 4 heterocycles. The normalized spacial score (nSPS) is 18.7. The molecule has 6 aromatic carbocycles. The minimum absolute atomic E-state index is 0.646. The average molecular weight is 836 g/mol. The molecule has 0 fully saturated rings. The molecule has 12 rings (SSSR count). The molecule has 6 bridgehead atoms. The van der Waals surface area contributed by atoms with Crippen molar-refractivity contribution in [3.05, 3.63) is 204 Å². The Morgan fingerprint density at radius 2 is 0.843 bits per heavy atom. The van der Waals surface area contributed by atoms with Crippen LogP contribution in [0.3, 0.4) is 0 Å². The second kappa shape index (κ2) is 9.93. The Hall–Kier alpha value is -5.77. The van der Waals surface area contributed by atoms with Crippen LogP contribution in [-0.2, 0) is 28.7 Å². The van der Waals surface area contributed by atoms with Gasteiger partial charge in [-0.05, 0) is 0 Å². The Bertz CT molecular complexity index is 2380. The van der Waals surface area contributed by atoms with E-state index in [1.54, 1.807) is 0 Å². The molecule has 0 N–H and O–H groups in total. The van der Waals surface area contributed by atoms with Gasteiger partial charge in [0, 0.05) is 0 Å². The van der Waals surface area contributed by atoms with E-state index in [0.29, 0.717) is 11.5 Å². The summed E-state index contributed by atoms with van der Waals surface area (Å²) < 4.78 is 9.48. The molecule has 5 nitrogen and oxygen atoms in total. The van der Waals surface area contributed by atoms with Crippen LogP contribution in [0.5, 0.6) is 11.5 Å². The summed E-state index contributed by atoms with van der Waals surface area (Å²) in [6, 6.07) is 56.0. The molecule has 6 aromatic rings. The number of hydrogen-bond donors (Lipinski definition) is 0. The van der Waals surface area contributed by atoms with E-state index in [1.807, 2.05) is 12.1 Å². The molecule has 2 aliphatic carbocycles. The van der Waals surface area contributed by atoms with Gasteiger partial charge in [0.15, 0.2) is 0 Å². The van der Waals surface area contributed by atoms with Crippen molar-refractivity contribution in [3.8, 4) is 33.8 Å². The van der Waals surface area contributed by atoms with E-state index >= 15 is 0 Å². The molecule has 4 aliphatic heterocycles. The minimum atomic E-state index is -0.755. The van der Waals surface area contributed by atoms with Crippen LogP contribution in [0.4, 0.5) is 0 Å². The zero-order valence-corrected chi connectivity index (χ0v) is 29.5. The standard InChI is InChI=1S/C45H28N4O.Pt/c1-5-19-40-36(15-1)37-16-2-6-20-41(37)44(40)32-11-9-13-34(27-32)50-35-14-10-12-33(28-35)45(49-26-24-47(31-49)29-46-23-25-48(44)30-46)42-21-7-3-17-38(42)39-18-4-8-22-43(39)45;/h1-26H,29H2;/q-2;. The van der Waals surface area contributed by atoms with Gasteiger partial charge in [0.05, 0.1) is 0 Å².